The van der Waals surface area contributed by atoms with Gasteiger partial charge in [-0.3, -0.25) is 0 Å². The van der Waals surface area contributed by atoms with Crippen LogP contribution in [0.5, 0.6) is 0 Å². The van der Waals surface area contributed by atoms with E-state index < -0.39 is 10.0 Å². The maximum Gasteiger partial charge on any atom is 0.252 e. The molecule has 0 saturated carbocycles. The van der Waals surface area contributed by atoms with Crippen molar-refractivity contribution in [3.8, 4) is 0 Å². The van der Waals surface area contributed by atoms with Crippen molar-refractivity contribution in [2.75, 3.05) is 19.1 Å². The number of thioether (sulfide) groups is 1. The average molecular weight is 300 g/mol. The molecule has 0 radical (unpaired) electrons. The van der Waals surface area contributed by atoms with Gasteiger partial charge in [0.05, 0.1) is 12.9 Å². The topological polar surface area (TPSA) is 68.1 Å². The van der Waals surface area contributed by atoms with Crippen LogP contribution in [-0.2, 0) is 14.8 Å². The molecule has 1 aromatic rings. The maximum atomic E-state index is 11.3. The van der Waals surface area contributed by atoms with Gasteiger partial charge in [0.1, 0.15) is 0 Å². The van der Waals surface area contributed by atoms with Crippen LogP contribution < -0.4 is 0 Å². The highest BCUT2D eigenvalue weighted by atomic mass is 32.2. The zero-order chi connectivity index (χ0) is 14.3. The van der Waals surface area contributed by atoms with Crippen LogP contribution in [0.15, 0.2) is 39.7 Å². The normalized spacial score (nSPS) is 13.4. The van der Waals surface area contributed by atoms with Crippen LogP contribution in [0.1, 0.15) is 12.5 Å². The van der Waals surface area contributed by atoms with Crippen LogP contribution in [0.25, 0.3) is 0 Å². The molecule has 0 aliphatic heterocycles. The number of amidine groups is 1. The zero-order valence-electron chi connectivity index (χ0n) is 11.0. The van der Waals surface area contributed by atoms with Crippen LogP contribution in [0.3, 0.4) is 0 Å². The molecule has 0 aromatic heterocycles. The number of sulfonamides is 1. The molecule has 0 N–H and O–H groups in total. The van der Waals surface area contributed by atoms with E-state index in [-0.39, 0.29) is 5.84 Å². The molecule has 0 atom stereocenters. The summed E-state index contributed by atoms with van der Waals surface area (Å²) in [5.74, 6) is 0.126. The zero-order valence-corrected chi connectivity index (χ0v) is 12.7. The predicted octanol–water partition coefficient (Wildman–Crippen LogP) is 2.15. The number of hydrogen-bond acceptors (Lipinski definition) is 4. The Labute approximate surface area is 117 Å². The highest BCUT2D eigenvalue weighted by molar-refractivity contribution is 8.13. The molecule has 0 aliphatic carbocycles. The summed E-state index contributed by atoms with van der Waals surface area (Å²) < 4.78 is 31.6. The van der Waals surface area contributed by atoms with E-state index in [1.165, 1.54) is 11.8 Å². The van der Waals surface area contributed by atoms with E-state index in [1.54, 1.807) is 30.5 Å². The molecule has 1 aromatic carbocycles. The summed E-state index contributed by atoms with van der Waals surface area (Å²) in [6.45, 7) is 2.29. The Balaban J connectivity index is 3.26. The lowest BCUT2D eigenvalue weighted by molar-refractivity contribution is 0.338. The van der Waals surface area contributed by atoms with Crippen molar-refractivity contribution < 1.29 is 13.2 Å². The van der Waals surface area contributed by atoms with Gasteiger partial charge < -0.3 is 4.74 Å². The van der Waals surface area contributed by atoms with E-state index in [1.807, 2.05) is 13.0 Å². The van der Waals surface area contributed by atoms with Gasteiger partial charge in [0, 0.05) is 5.56 Å². The SMILES string of the molecule is CCOC(=N/C(=N/S(C)(=O)=O)c1ccccc1)SC. The summed E-state index contributed by atoms with van der Waals surface area (Å²) in [5, 5.41) is 0.383. The van der Waals surface area contributed by atoms with Gasteiger partial charge in [0.15, 0.2) is 5.84 Å². The van der Waals surface area contributed by atoms with Gasteiger partial charge in [0.2, 0.25) is 0 Å². The third-order valence-corrected chi connectivity index (χ3v) is 2.99. The lowest BCUT2D eigenvalue weighted by atomic mass is 10.2. The number of rotatable bonds is 3. The second-order valence-electron chi connectivity index (χ2n) is 3.53. The molecule has 0 spiro atoms. The van der Waals surface area contributed by atoms with Gasteiger partial charge in [-0.15, -0.1) is 4.40 Å². The van der Waals surface area contributed by atoms with Crippen molar-refractivity contribution in [3.05, 3.63) is 35.9 Å². The van der Waals surface area contributed by atoms with Gasteiger partial charge in [-0.2, -0.15) is 4.99 Å². The molecule has 19 heavy (non-hydrogen) atoms. The van der Waals surface area contributed by atoms with Crippen molar-refractivity contribution in [3.63, 3.8) is 0 Å². The highest BCUT2D eigenvalue weighted by Crippen LogP contribution is 2.09. The number of nitrogens with zero attached hydrogens (tertiary/aromatic N) is 2. The van der Waals surface area contributed by atoms with Gasteiger partial charge in [-0.05, 0) is 13.2 Å². The second-order valence-corrected chi connectivity index (χ2v) is 5.93. The summed E-state index contributed by atoms with van der Waals surface area (Å²) in [6, 6.07) is 8.92. The molecule has 0 amide bonds. The Morgan fingerprint density at radius 3 is 2.42 bits per heavy atom. The quantitative estimate of drug-likeness (QED) is 0.633. The summed E-state index contributed by atoms with van der Waals surface area (Å²) in [4.78, 5) is 4.17. The summed E-state index contributed by atoms with van der Waals surface area (Å²) in [6.07, 6.45) is 2.84. The molecule has 5 nitrogen and oxygen atoms in total. The minimum absolute atomic E-state index is 0.126. The third-order valence-electron chi connectivity index (χ3n) is 1.92. The Morgan fingerprint density at radius 1 is 1.32 bits per heavy atom. The standard InChI is InChI=1S/C12H16N2O3S2/c1-4-17-12(18-2)13-11(14-19(3,15)16)10-8-6-5-7-9-10/h5-9H,4H2,1-3H3/b13-12?,14-11+. The van der Waals surface area contributed by atoms with E-state index in [0.717, 1.165) is 6.26 Å². The van der Waals surface area contributed by atoms with Crippen LogP contribution >= 0.6 is 11.8 Å². The monoisotopic (exact) mass is 300 g/mol. The first kappa shape index (κ1) is 15.7. The lowest BCUT2D eigenvalue weighted by Crippen LogP contribution is -2.08. The summed E-state index contributed by atoms with van der Waals surface area (Å²) >= 11 is 1.30. The first-order valence-corrected chi connectivity index (χ1v) is 8.64. The smallest absolute Gasteiger partial charge is 0.252 e. The molecule has 0 saturated heterocycles. The molecule has 0 heterocycles. The highest BCUT2D eigenvalue weighted by Gasteiger charge is 2.09. The van der Waals surface area contributed by atoms with Crippen molar-refractivity contribution in [2.24, 2.45) is 9.39 Å². The fraction of sp³-hybridized carbons (Fsp3) is 0.333. The van der Waals surface area contributed by atoms with Crippen molar-refractivity contribution in [1.29, 1.82) is 0 Å². The minimum Gasteiger partial charge on any atom is -0.473 e. The molecule has 0 aliphatic rings. The largest absolute Gasteiger partial charge is 0.473 e. The Bertz CT molecular complexity index is 566. The van der Waals surface area contributed by atoms with Crippen LogP contribution in [0.2, 0.25) is 0 Å². The molecule has 7 heteroatoms. The van der Waals surface area contributed by atoms with Crippen LogP contribution in [-0.4, -0.2) is 38.6 Å². The van der Waals surface area contributed by atoms with E-state index in [4.69, 9.17) is 4.74 Å². The fourth-order valence-electron chi connectivity index (χ4n) is 1.23. The van der Waals surface area contributed by atoms with Gasteiger partial charge >= 0.3 is 0 Å². The molecular formula is C12H16N2O3S2. The maximum absolute atomic E-state index is 11.3. The molecule has 0 fully saturated rings. The number of hydrogen-bond donors (Lipinski definition) is 0. The van der Waals surface area contributed by atoms with Crippen molar-refractivity contribution in [2.45, 2.75) is 6.92 Å². The molecule has 1 rings (SSSR count). The second kappa shape index (κ2) is 7.30. The van der Waals surface area contributed by atoms with E-state index >= 15 is 0 Å². The molecular weight excluding hydrogens is 284 g/mol. The first-order chi connectivity index (χ1) is 8.96. The summed E-state index contributed by atoms with van der Waals surface area (Å²) in [7, 11) is -3.52. The van der Waals surface area contributed by atoms with Crippen LogP contribution in [0.4, 0.5) is 0 Å². The Kier molecular flexibility index (Phi) is 6.04. The van der Waals surface area contributed by atoms with Gasteiger partial charge in [-0.1, -0.05) is 42.1 Å². The number of benzene rings is 1. The summed E-state index contributed by atoms with van der Waals surface area (Å²) in [5.41, 5.74) is 0.624. The lowest BCUT2D eigenvalue weighted by Gasteiger charge is -2.05. The molecule has 0 unspecified atom stereocenters. The average Bonchev–Trinajstić information content (AvgIpc) is 2.36. The number of aliphatic imine (C=N–C) groups is 1. The van der Waals surface area contributed by atoms with Gasteiger partial charge in [-0.25, -0.2) is 8.42 Å². The van der Waals surface area contributed by atoms with E-state index in [9.17, 15) is 8.42 Å². The third kappa shape index (κ3) is 5.89. The number of ether oxygens (including phenoxy) is 1. The van der Waals surface area contributed by atoms with Crippen molar-refractivity contribution >= 4 is 32.9 Å². The minimum atomic E-state index is -3.52. The Morgan fingerprint density at radius 2 is 1.95 bits per heavy atom. The molecule has 0 bridgehead atoms. The van der Waals surface area contributed by atoms with Gasteiger partial charge in [0.25, 0.3) is 15.3 Å². The van der Waals surface area contributed by atoms with E-state index in [0.29, 0.717) is 17.4 Å². The Hall–Kier alpha value is -1.34. The fourth-order valence-corrected chi connectivity index (χ4v) is 2.10. The van der Waals surface area contributed by atoms with E-state index in [2.05, 4.69) is 9.39 Å². The first-order valence-electron chi connectivity index (χ1n) is 5.57. The van der Waals surface area contributed by atoms with Crippen molar-refractivity contribution in [1.82, 2.24) is 0 Å². The molecule has 104 valence electrons. The van der Waals surface area contributed by atoms with Crippen LogP contribution in [0, 0.1) is 0 Å². The predicted molar refractivity (Wildman–Crippen MR) is 80.4 cm³/mol.